The number of benzene rings is 1. The van der Waals surface area contributed by atoms with Crippen LogP contribution >= 0.6 is 11.3 Å². The molecule has 2 aromatic heterocycles. The zero-order valence-corrected chi connectivity index (χ0v) is 13.1. The van der Waals surface area contributed by atoms with Crippen molar-refractivity contribution in [3.63, 3.8) is 0 Å². The summed E-state index contributed by atoms with van der Waals surface area (Å²) in [5, 5.41) is 2.16. The molecule has 1 aliphatic heterocycles. The van der Waals surface area contributed by atoms with Crippen molar-refractivity contribution >= 4 is 11.3 Å². The summed E-state index contributed by atoms with van der Waals surface area (Å²) in [5.41, 5.74) is 2.05. The highest BCUT2D eigenvalue weighted by Gasteiger charge is 2.27. The fraction of sp³-hybridized carbons (Fsp3) is 0.278. The van der Waals surface area contributed by atoms with Gasteiger partial charge in [0.05, 0.1) is 5.69 Å². The number of thiophene rings is 1. The minimum atomic E-state index is 0.539. The normalized spacial score (nSPS) is 18.8. The molecule has 0 spiro atoms. The second kappa shape index (κ2) is 6.07. The summed E-state index contributed by atoms with van der Waals surface area (Å²) in [5.74, 6) is 0.711. The molecule has 1 saturated heterocycles. The monoisotopic (exact) mass is 310 g/mol. The van der Waals surface area contributed by atoms with Crippen LogP contribution in [0.1, 0.15) is 29.5 Å². The van der Waals surface area contributed by atoms with Crippen LogP contribution in [0, 0.1) is 0 Å². The number of aromatic nitrogens is 1. The fourth-order valence-electron chi connectivity index (χ4n) is 3.12. The molecular formula is C18H18N2OS. The molecule has 3 aromatic rings. The van der Waals surface area contributed by atoms with E-state index >= 15 is 0 Å². The summed E-state index contributed by atoms with van der Waals surface area (Å²) in [4.78, 5) is 8.63. The van der Waals surface area contributed by atoms with Crippen LogP contribution in [0.25, 0.3) is 11.5 Å². The third-order valence-corrected chi connectivity index (χ3v) is 5.15. The van der Waals surface area contributed by atoms with Crippen molar-refractivity contribution in [3.8, 4) is 11.5 Å². The van der Waals surface area contributed by atoms with Crippen molar-refractivity contribution in [2.24, 2.45) is 0 Å². The maximum absolute atomic E-state index is 5.65. The highest BCUT2D eigenvalue weighted by Crippen LogP contribution is 2.35. The molecule has 1 aliphatic rings. The van der Waals surface area contributed by atoms with Gasteiger partial charge < -0.3 is 4.42 Å². The summed E-state index contributed by atoms with van der Waals surface area (Å²) in [7, 11) is 0. The Balaban J connectivity index is 1.51. The van der Waals surface area contributed by atoms with Gasteiger partial charge in [-0.15, -0.1) is 11.3 Å². The maximum Gasteiger partial charge on any atom is 0.226 e. The standard InChI is InChI=1S/C18H18N2OS/c1-2-6-14(7-3-1)18-19-15(13-21-18)12-20-10-4-8-16(20)17-9-5-11-22-17/h1-3,5-7,9,11,13,16H,4,8,10,12H2/t16-/m1/s1. The molecule has 22 heavy (non-hydrogen) atoms. The van der Waals surface area contributed by atoms with Gasteiger partial charge in [-0.05, 0) is 43.0 Å². The molecule has 0 N–H and O–H groups in total. The fourth-order valence-corrected chi connectivity index (χ4v) is 4.01. The van der Waals surface area contributed by atoms with E-state index in [-0.39, 0.29) is 0 Å². The van der Waals surface area contributed by atoms with E-state index in [0.717, 1.165) is 24.3 Å². The maximum atomic E-state index is 5.65. The lowest BCUT2D eigenvalue weighted by Gasteiger charge is -2.22. The van der Waals surface area contributed by atoms with Crippen molar-refractivity contribution in [2.75, 3.05) is 6.54 Å². The third-order valence-electron chi connectivity index (χ3n) is 4.17. The number of hydrogen-bond acceptors (Lipinski definition) is 4. The molecule has 3 heterocycles. The van der Waals surface area contributed by atoms with Crippen LogP contribution in [0.3, 0.4) is 0 Å². The summed E-state index contributed by atoms with van der Waals surface area (Å²) in [6.45, 7) is 2.00. The van der Waals surface area contributed by atoms with Gasteiger partial charge in [0.25, 0.3) is 0 Å². The van der Waals surface area contributed by atoms with E-state index in [2.05, 4.69) is 27.4 Å². The molecule has 0 bridgehead atoms. The Morgan fingerprint density at radius 1 is 1.18 bits per heavy atom. The SMILES string of the molecule is c1ccc(-c2nc(CN3CCC[C@@H]3c3cccs3)co2)cc1. The zero-order valence-electron chi connectivity index (χ0n) is 12.3. The molecule has 0 aliphatic carbocycles. The molecule has 0 radical (unpaired) electrons. The first-order chi connectivity index (χ1) is 10.9. The van der Waals surface area contributed by atoms with Gasteiger partial charge in [0, 0.05) is 23.0 Å². The van der Waals surface area contributed by atoms with Crippen molar-refractivity contribution < 1.29 is 4.42 Å². The predicted octanol–water partition coefficient (Wildman–Crippen LogP) is 4.74. The Hall–Kier alpha value is -1.91. The van der Waals surface area contributed by atoms with E-state index in [9.17, 15) is 0 Å². The first-order valence-corrected chi connectivity index (χ1v) is 8.55. The summed E-state index contributed by atoms with van der Waals surface area (Å²) in [6.07, 6.45) is 4.29. The highest BCUT2D eigenvalue weighted by molar-refractivity contribution is 7.10. The summed E-state index contributed by atoms with van der Waals surface area (Å²) >= 11 is 1.85. The molecule has 0 amide bonds. The first-order valence-electron chi connectivity index (χ1n) is 7.67. The van der Waals surface area contributed by atoms with Gasteiger partial charge >= 0.3 is 0 Å². The highest BCUT2D eigenvalue weighted by atomic mass is 32.1. The molecule has 4 rings (SSSR count). The number of likely N-dealkylation sites (tertiary alicyclic amines) is 1. The van der Waals surface area contributed by atoms with Gasteiger partial charge in [-0.25, -0.2) is 4.98 Å². The van der Waals surface area contributed by atoms with Crippen molar-refractivity contribution in [2.45, 2.75) is 25.4 Å². The van der Waals surface area contributed by atoms with E-state index < -0.39 is 0 Å². The molecule has 3 nitrogen and oxygen atoms in total. The largest absolute Gasteiger partial charge is 0.444 e. The second-order valence-electron chi connectivity index (χ2n) is 5.65. The average molecular weight is 310 g/mol. The van der Waals surface area contributed by atoms with E-state index in [1.54, 1.807) is 6.26 Å². The van der Waals surface area contributed by atoms with Crippen LogP contribution in [0.15, 0.2) is 58.5 Å². The van der Waals surface area contributed by atoms with Crippen molar-refractivity contribution in [1.82, 2.24) is 9.88 Å². The number of nitrogens with zero attached hydrogens (tertiary/aromatic N) is 2. The Morgan fingerprint density at radius 2 is 2.09 bits per heavy atom. The molecule has 0 saturated carbocycles. The van der Waals surface area contributed by atoms with Gasteiger partial charge in [-0.2, -0.15) is 0 Å². The number of hydrogen-bond donors (Lipinski definition) is 0. The smallest absolute Gasteiger partial charge is 0.226 e. The lowest BCUT2D eigenvalue weighted by atomic mass is 10.2. The van der Waals surface area contributed by atoms with Crippen LogP contribution in [0.5, 0.6) is 0 Å². The molecule has 1 aromatic carbocycles. The minimum absolute atomic E-state index is 0.539. The van der Waals surface area contributed by atoms with Crippen LogP contribution in [0.4, 0.5) is 0 Å². The van der Waals surface area contributed by atoms with Crippen molar-refractivity contribution in [3.05, 3.63) is 64.7 Å². The second-order valence-corrected chi connectivity index (χ2v) is 6.63. The van der Waals surface area contributed by atoms with Gasteiger partial charge in [0.15, 0.2) is 0 Å². The topological polar surface area (TPSA) is 29.3 Å². The molecular weight excluding hydrogens is 292 g/mol. The molecule has 1 atom stereocenters. The third kappa shape index (κ3) is 2.72. The van der Waals surface area contributed by atoms with Crippen LogP contribution in [-0.2, 0) is 6.54 Å². The van der Waals surface area contributed by atoms with Gasteiger partial charge in [0.1, 0.15) is 6.26 Å². The van der Waals surface area contributed by atoms with E-state index in [1.807, 2.05) is 41.7 Å². The van der Waals surface area contributed by atoms with E-state index in [1.165, 1.54) is 17.7 Å². The predicted molar refractivity (Wildman–Crippen MR) is 88.6 cm³/mol. The van der Waals surface area contributed by atoms with Gasteiger partial charge in [0.2, 0.25) is 5.89 Å². The lowest BCUT2D eigenvalue weighted by Crippen LogP contribution is -2.22. The minimum Gasteiger partial charge on any atom is -0.444 e. The number of rotatable bonds is 4. The molecule has 1 fully saturated rings. The Bertz CT molecular complexity index is 721. The van der Waals surface area contributed by atoms with Gasteiger partial charge in [-0.1, -0.05) is 24.3 Å². The number of oxazole rings is 1. The van der Waals surface area contributed by atoms with Crippen molar-refractivity contribution in [1.29, 1.82) is 0 Å². The quantitative estimate of drug-likeness (QED) is 0.697. The molecule has 0 unspecified atom stereocenters. The van der Waals surface area contributed by atoms with Crippen LogP contribution in [-0.4, -0.2) is 16.4 Å². The Morgan fingerprint density at radius 3 is 2.91 bits per heavy atom. The molecule has 4 heteroatoms. The molecule has 112 valence electrons. The van der Waals surface area contributed by atoms with Crippen LogP contribution in [0.2, 0.25) is 0 Å². The zero-order chi connectivity index (χ0) is 14.8. The van der Waals surface area contributed by atoms with E-state index in [0.29, 0.717) is 11.9 Å². The average Bonchev–Trinajstić information content (AvgIpc) is 3.30. The lowest BCUT2D eigenvalue weighted by molar-refractivity contribution is 0.248. The summed E-state index contributed by atoms with van der Waals surface area (Å²) < 4.78 is 5.65. The first kappa shape index (κ1) is 13.7. The van der Waals surface area contributed by atoms with Gasteiger partial charge in [-0.3, -0.25) is 4.90 Å². The Kier molecular flexibility index (Phi) is 3.79. The summed E-state index contributed by atoms with van der Waals surface area (Å²) in [6, 6.07) is 15.0. The Labute approximate surface area is 134 Å². The van der Waals surface area contributed by atoms with Crippen LogP contribution < -0.4 is 0 Å². The van der Waals surface area contributed by atoms with E-state index in [4.69, 9.17) is 4.42 Å².